The Hall–Kier alpha value is -0.840. The molecule has 1 aromatic rings. The van der Waals surface area contributed by atoms with E-state index in [2.05, 4.69) is 0 Å². The highest BCUT2D eigenvalue weighted by Gasteiger charge is 2.50. The highest BCUT2D eigenvalue weighted by molar-refractivity contribution is 14.1. The summed E-state index contributed by atoms with van der Waals surface area (Å²) in [7, 11) is -4.17. The third-order valence-corrected chi connectivity index (χ3v) is 7.45. The molecule has 0 aromatic heterocycles. The number of amides is 1. The van der Waals surface area contributed by atoms with Crippen molar-refractivity contribution < 1.29 is 26.4 Å². The summed E-state index contributed by atoms with van der Waals surface area (Å²) < 4.78 is 64.6. The topological polar surface area (TPSA) is 54.5 Å². The second-order valence-electron chi connectivity index (χ2n) is 5.40. The molecule has 4 nitrogen and oxygen atoms in total. The number of hydrogen-bond acceptors (Lipinski definition) is 3. The number of alkyl halides is 4. The molecule has 1 fully saturated rings. The van der Waals surface area contributed by atoms with Gasteiger partial charge < -0.3 is 0 Å². The lowest BCUT2D eigenvalue weighted by Gasteiger charge is -2.35. The van der Waals surface area contributed by atoms with Crippen molar-refractivity contribution in [2.24, 2.45) is 0 Å². The maximum absolute atomic E-state index is 12.8. The standard InChI is InChI=1S/C14H15F3INO3S/c1-2-13(9-18)8-7-12(20)19(13)23(21,22)11-5-3-10(4-6-11)14(15,16)17/h3-6H,2,7-9H2,1H3. The first-order valence-corrected chi connectivity index (χ1v) is 9.86. The molecule has 1 unspecified atom stereocenters. The van der Waals surface area contributed by atoms with Gasteiger partial charge in [-0.2, -0.15) is 13.2 Å². The zero-order valence-corrected chi connectivity index (χ0v) is 15.2. The van der Waals surface area contributed by atoms with Crippen molar-refractivity contribution in [3.05, 3.63) is 29.8 Å². The molecule has 0 saturated carbocycles. The summed E-state index contributed by atoms with van der Waals surface area (Å²) in [6, 6.07) is 3.23. The lowest BCUT2D eigenvalue weighted by atomic mass is 9.97. The minimum absolute atomic E-state index is 0.122. The van der Waals surface area contributed by atoms with Crippen molar-refractivity contribution in [3.8, 4) is 0 Å². The fourth-order valence-electron chi connectivity index (χ4n) is 2.65. The quantitative estimate of drug-likeness (QED) is 0.509. The van der Waals surface area contributed by atoms with Crippen LogP contribution in [0.25, 0.3) is 0 Å². The van der Waals surface area contributed by atoms with Gasteiger partial charge in [-0.15, -0.1) is 0 Å². The molecule has 1 atom stereocenters. The summed E-state index contributed by atoms with van der Waals surface area (Å²) in [4.78, 5) is 11.8. The van der Waals surface area contributed by atoms with Gasteiger partial charge in [0.05, 0.1) is 16.0 Å². The average molecular weight is 461 g/mol. The molecule has 0 radical (unpaired) electrons. The van der Waals surface area contributed by atoms with Gasteiger partial charge >= 0.3 is 6.18 Å². The van der Waals surface area contributed by atoms with Gasteiger partial charge in [-0.3, -0.25) is 4.79 Å². The van der Waals surface area contributed by atoms with E-state index in [1.54, 1.807) is 6.92 Å². The number of hydrogen-bond donors (Lipinski definition) is 0. The summed E-state index contributed by atoms with van der Waals surface area (Å²) in [5, 5.41) is 0. The zero-order valence-electron chi connectivity index (χ0n) is 12.2. The summed E-state index contributed by atoms with van der Waals surface area (Å²) in [5.41, 5.74) is -1.74. The van der Waals surface area contributed by atoms with Gasteiger partial charge in [0.15, 0.2) is 0 Å². The Bertz CT molecular complexity index is 697. The third kappa shape index (κ3) is 3.21. The van der Waals surface area contributed by atoms with Gasteiger partial charge in [0.1, 0.15) is 0 Å². The molecule has 1 saturated heterocycles. The fraction of sp³-hybridized carbons (Fsp3) is 0.500. The number of carbonyl (C=O) groups is 1. The van der Waals surface area contributed by atoms with Crippen LogP contribution >= 0.6 is 22.6 Å². The minimum Gasteiger partial charge on any atom is -0.274 e. The molecule has 0 spiro atoms. The molecule has 2 rings (SSSR count). The van der Waals surface area contributed by atoms with E-state index in [4.69, 9.17) is 0 Å². The maximum Gasteiger partial charge on any atom is 0.416 e. The van der Waals surface area contributed by atoms with E-state index in [0.29, 0.717) is 29.4 Å². The van der Waals surface area contributed by atoms with E-state index >= 15 is 0 Å². The van der Waals surface area contributed by atoms with Crippen molar-refractivity contribution in [1.82, 2.24) is 4.31 Å². The molecule has 0 aliphatic carbocycles. The van der Waals surface area contributed by atoms with Crippen LogP contribution in [0.2, 0.25) is 0 Å². The Morgan fingerprint density at radius 3 is 2.26 bits per heavy atom. The van der Waals surface area contributed by atoms with Crippen LogP contribution < -0.4 is 0 Å². The zero-order chi connectivity index (χ0) is 17.5. The van der Waals surface area contributed by atoms with Crippen LogP contribution in [-0.2, 0) is 21.0 Å². The summed E-state index contributed by atoms with van der Waals surface area (Å²) >= 11 is 2.04. The molecule has 1 amide bonds. The van der Waals surface area contributed by atoms with Crippen molar-refractivity contribution >= 4 is 38.5 Å². The number of benzene rings is 1. The number of carbonyl (C=O) groups excluding carboxylic acids is 1. The first-order valence-electron chi connectivity index (χ1n) is 6.90. The molecular weight excluding hydrogens is 446 g/mol. The van der Waals surface area contributed by atoms with Crippen LogP contribution in [-0.4, -0.2) is 28.6 Å². The van der Waals surface area contributed by atoms with E-state index in [-0.39, 0.29) is 11.3 Å². The molecule has 128 valence electrons. The molecule has 0 bridgehead atoms. The van der Waals surface area contributed by atoms with E-state index in [0.717, 1.165) is 16.4 Å². The lowest BCUT2D eigenvalue weighted by molar-refractivity contribution is -0.137. The second-order valence-corrected chi connectivity index (χ2v) is 7.95. The summed E-state index contributed by atoms with van der Waals surface area (Å²) in [5.74, 6) is -0.511. The molecule has 1 heterocycles. The lowest BCUT2D eigenvalue weighted by Crippen LogP contribution is -2.50. The molecule has 1 aromatic carbocycles. The molecular formula is C14H15F3INO3S. The third-order valence-electron chi connectivity index (χ3n) is 4.09. The Balaban J connectivity index is 2.47. The maximum atomic E-state index is 12.8. The SMILES string of the molecule is CCC1(CI)CCC(=O)N1S(=O)(=O)c1ccc(C(F)(F)F)cc1. The molecule has 1 aliphatic rings. The average Bonchev–Trinajstić information content (AvgIpc) is 2.84. The first-order chi connectivity index (χ1) is 10.6. The predicted molar refractivity (Wildman–Crippen MR) is 86.6 cm³/mol. The summed E-state index contributed by atoms with van der Waals surface area (Å²) in [6.45, 7) is 1.80. The van der Waals surface area contributed by atoms with Crippen LogP contribution in [0, 0.1) is 0 Å². The van der Waals surface area contributed by atoms with Crippen molar-refractivity contribution in [3.63, 3.8) is 0 Å². The summed E-state index contributed by atoms with van der Waals surface area (Å²) in [6.07, 6.45) is -3.54. The van der Waals surface area contributed by atoms with Crippen LogP contribution in [0.5, 0.6) is 0 Å². The Labute approximate surface area is 146 Å². The van der Waals surface area contributed by atoms with Crippen LogP contribution in [0.1, 0.15) is 31.7 Å². The molecule has 9 heteroatoms. The van der Waals surface area contributed by atoms with Gasteiger partial charge in [-0.25, -0.2) is 12.7 Å². The molecule has 1 aliphatic heterocycles. The second kappa shape index (κ2) is 6.23. The normalized spacial score (nSPS) is 22.7. The van der Waals surface area contributed by atoms with Gasteiger partial charge in [0.25, 0.3) is 10.0 Å². The molecule has 23 heavy (non-hydrogen) atoms. The Morgan fingerprint density at radius 1 is 1.26 bits per heavy atom. The van der Waals surface area contributed by atoms with E-state index < -0.39 is 33.2 Å². The van der Waals surface area contributed by atoms with E-state index in [1.165, 1.54) is 0 Å². The minimum atomic E-state index is -4.54. The smallest absolute Gasteiger partial charge is 0.274 e. The van der Waals surface area contributed by atoms with Gasteiger partial charge in [-0.05, 0) is 37.1 Å². The Kier molecular flexibility index (Phi) is 5.01. The highest BCUT2D eigenvalue weighted by atomic mass is 127. The van der Waals surface area contributed by atoms with E-state index in [1.807, 2.05) is 22.6 Å². The van der Waals surface area contributed by atoms with Gasteiger partial charge in [0.2, 0.25) is 5.91 Å². The Morgan fingerprint density at radius 2 is 1.83 bits per heavy atom. The number of sulfonamides is 1. The number of rotatable bonds is 4. The molecule has 0 N–H and O–H groups in total. The van der Waals surface area contributed by atoms with Crippen molar-refractivity contribution in [2.75, 3.05) is 4.43 Å². The van der Waals surface area contributed by atoms with Gasteiger partial charge in [0, 0.05) is 10.8 Å². The van der Waals surface area contributed by atoms with Crippen LogP contribution in [0.3, 0.4) is 0 Å². The van der Waals surface area contributed by atoms with Crippen molar-refractivity contribution in [1.29, 1.82) is 0 Å². The number of halogens is 4. The van der Waals surface area contributed by atoms with Gasteiger partial charge in [-0.1, -0.05) is 29.5 Å². The fourth-order valence-corrected chi connectivity index (χ4v) is 5.99. The highest BCUT2D eigenvalue weighted by Crippen LogP contribution is 2.39. The number of nitrogens with zero attached hydrogens (tertiary/aromatic N) is 1. The monoisotopic (exact) mass is 461 g/mol. The van der Waals surface area contributed by atoms with E-state index in [9.17, 15) is 26.4 Å². The van der Waals surface area contributed by atoms with Crippen LogP contribution in [0.15, 0.2) is 29.2 Å². The predicted octanol–water partition coefficient (Wildman–Crippen LogP) is 3.60. The first kappa shape index (κ1) is 18.5. The van der Waals surface area contributed by atoms with Crippen LogP contribution in [0.4, 0.5) is 13.2 Å². The van der Waals surface area contributed by atoms with Crippen molar-refractivity contribution in [2.45, 2.75) is 42.8 Å². The largest absolute Gasteiger partial charge is 0.416 e.